The number of benzene rings is 5. The highest BCUT2D eigenvalue weighted by Crippen LogP contribution is 2.43. The van der Waals surface area contributed by atoms with E-state index < -0.39 is 58.1 Å². The number of hydrogen-bond acceptors (Lipinski definition) is 4. The maximum Gasteiger partial charge on any atom is 0.275 e. The summed E-state index contributed by atoms with van der Waals surface area (Å²) >= 11 is 0. The van der Waals surface area contributed by atoms with E-state index in [4.69, 9.17) is 9.40 Å². The molecule has 5 nitrogen and oxygen atoms in total. The molecular formula is C37H27F4N2O3PS. The second-order valence-electron chi connectivity index (χ2n) is 11.3. The molecule has 0 unspecified atom stereocenters. The zero-order valence-corrected chi connectivity index (χ0v) is 27.6. The van der Waals surface area contributed by atoms with Gasteiger partial charge in [0.25, 0.3) is 10.0 Å². The molecule has 0 fully saturated rings. The summed E-state index contributed by atoms with van der Waals surface area (Å²) in [6.45, 7) is 5.32. The van der Waals surface area contributed by atoms with Crippen LogP contribution in [0.4, 0.5) is 17.6 Å². The highest BCUT2D eigenvalue weighted by atomic mass is 32.2. The predicted molar refractivity (Wildman–Crippen MR) is 181 cm³/mol. The fourth-order valence-electron chi connectivity index (χ4n) is 6.16. The maximum absolute atomic E-state index is 15.9. The van der Waals surface area contributed by atoms with Gasteiger partial charge >= 0.3 is 0 Å². The molecule has 0 aliphatic heterocycles. The summed E-state index contributed by atoms with van der Waals surface area (Å²) < 4.78 is 96.6. The average molecular weight is 687 g/mol. The van der Waals surface area contributed by atoms with Crippen LogP contribution < -0.4 is 15.9 Å². The molecule has 242 valence electrons. The highest BCUT2D eigenvalue weighted by molar-refractivity contribution is 7.90. The van der Waals surface area contributed by atoms with E-state index in [-0.39, 0.29) is 16.9 Å². The SMILES string of the molecule is CCc1c(F)c(F)c(F)c(S(=O)(=O)n2c(-c3c(P(c4ccccc4C)c4ccccc4C)ccc4occc34)nc3ccccc32)c1F. The van der Waals surface area contributed by atoms with Crippen molar-refractivity contribution in [2.45, 2.75) is 32.1 Å². The van der Waals surface area contributed by atoms with E-state index in [1.54, 1.807) is 30.3 Å². The molecule has 48 heavy (non-hydrogen) atoms. The fourth-order valence-corrected chi connectivity index (χ4v) is 10.6. The Kier molecular flexibility index (Phi) is 7.96. The lowest BCUT2D eigenvalue weighted by Gasteiger charge is -2.25. The van der Waals surface area contributed by atoms with E-state index in [1.807, 2.05) is 68.4 Å². The van der Waals surface area contributed by atoms with Gasteiger partial charge in [-0.25, -0.2) is 34.9 Å². The van der Waals surface area contributed by atoms with E-state index >= 15 is 8.78 Å². The quantitative estimate of drug-likeness (QED) is 0.0735. The van der Waals surface area contributed by atoms with Gasteiger partial charge in [0.05, 0.1) is 17.3 Å². The average Bonchev–Trinajstić information content (AvgIpc) is 3.71. The number of aryl methyl sites for hydroxylation is 2. The molecule has 0 bridgehead atoms. The van der Waals surface area contributed by atoms with Crippen LogP contribution >= 0.6 is 7.92 Å². The van der Waals surface area contributed by atoms with Crippen LogP contribution in [-0.4, -0.2) is 17.4 Å². The fraction of sp³-hybridized carbons (Fsp3) is 0.108. The highest BCUT2D eigenvalue weighted by Gasteiger charge is 2.37. The number of fused-ring (bicyclic) bond motifs is 2. The molecule has 2 aromatic heterocycles. The largest absolute Gasteiger partial charge is 0.464 e. The van der Waals surface area contributed by atoms with Gasteiger partial charge in [-0.1, -0.05) is 67.6 Å². The number of para-hydroxylation sites is 2. The Hall–Kier alpha value is -4.79. The summed E-state index contributed by atoms with van der Waals surface area (Å²) in [6.07, 6.45) is 1.05. The van der Waals surface area contributed by atoms with Gasteiger partial charge in [-0.2, -0.15) is 0 Å². The number of nitrogens with zero attached hydrogens (tertiary/aromatic N) is 2. The molecule has 0 aliphatic carbocycles. The van der Waals surface area contributed by atoms with Gasteiger partial charge < -0.3 is 4.42 Å². The van der Waals surface area contributed by atoms with Gasteiger partial charge in [0, 0.05) is 16.5 Å². The van der Waals surface area contributed by atoms with Gasteiger partial charge in [-0.05, 0) is 85.6 Å². The van der Waals surface area contributed by atoms with Crippen molar-refractivity contribution in [2.75, 3.05) is 0 Å². The third-order valence-corrected chi connectivity index (χ3v) is 13.0. The van der Waals surface area contributed by atoms with Crippen LogP contribution in [0.25, 0.3) is 33.4 Å². The molecule has 5 aromatic carbocycles. The lowest BCUT2D eigenvalue weighted by atomic mass is 10.1. The van der Waals surface area contributed by atoms with Crippen molar-refractivity contribution in [3.63, 3.8) is 0 Å². The zero-order valence-electron chi connectivity index (χ0n) is 25.9. The van der Waals surface area contributed by atoms with Crippen LogP contribution in [0.1, 0.15) is 23.6 Å². The number of furan rings is 1. The number of rotatable bonds is 7. The topological polar surface area (TPSA) is 65.1 Å². The van der Waals surface area contributed by atoms with Crippen molar-refractivity contribution >= 4 is 55.9 Å². The summed E-state index contributed by atoms with van der Waals surface area (Å²) in [4.78, 5) is 3.17. The van der Waals surface area contributed by atoms with Crippen LogP contribution in [0.15, 0.2) is 107 Å². The van der Waals surface area contributed by atoms with E-state index in [2.05, 4.69) is 0 Å². The van der Waals surface area contributed by atoms with Crippen LogP contribution in [0, 0.1) is 37.1 Å². The zero-order chi connectivity index (χ0) is 33.9. The molecule has 0 radical (unpaired) electrons. The van der Waals surface area contributed by atoms with Crippen molar-refractivity contribution in [3.8, 4) is 11.4 Å². The van der Waals surface area contributed by atoms with Crippen LogP contribution in [0.2, 0.25) is 0 Å². The Morgan fingerprint density at radius 3 is 2.00 bits per heavy atom. The van der Waals surface area contributed by atoms with E-state index in [1.165, 1.54) is 19.3 Å². The molecule has 7 aromatic rings. The predicted octanol–water partition coefficient (Wildman–Crippen LogP) is 8.18. The molecule has 0 atom stereocenters. The Labute approximate surface area is 275 Å². The molecule has 0 spiro atoms. The second-order valence-corrected chi connectivity index (χ2v) is 15.2. The lowest BCUT2D eigenvalue weighted by molar-refractivity contribution is 0.401. The lowest BCUT2D eigenvalue weighted by Crippen LogP contribution is -2.27. The van der Waals surface area contributed by atoms with Crippen molar-refractivity contribution in [2.24, 2.45) is 0 Å². The second kappa shape index (κ2) is 12.0. The summed E-state index contributed by atoms with van der Waals surface area (Å²) in [5.41, 5.74) is 2.12. The molecule has 0 amide bonds. The number of aromatic nitrogens is 2. The summed E-state index contributed by atoms with van der Waals surface area (Å²) in [5, 5.41) is 3.22. The Morgan fingerprint density at radius 2 is 1.35 bits per heavy atom. The Bertz CT molecular complexity index is 2460. The summed E-state index contributed by atoms with van der Waals surface area (Å²) in [7, 11) is -6.70. The molecular weight excluding hydrogens is 659 g/mol. The molecule has 2 heterocycles. The number of imidazole rings is 1. The third-order valence-electron chi connectivity index (χ3n) is 8.48. The minimum atomic E-state index is -5.30. The van der Waals surface area contributed by atoms with Crippen molar-refractivity contribution in [1.82, 2.24) is 8.96 Å². The van der Waals surface area contributed by atoms with Crippen LogP contribution in [0.3, 0.4) is 0 Å². The number of halogens is 4. The van der Waals surface area contributed by atoms with Gasteiger partial charge in [0.2, 0.25) is 0 Å². The van der Waals surface area contributed by atoms with Gasteiger partial charge in [0.15, 0.2) is 34.0 Å². The first-order valence-corrected chi connectivity index (χ1v) is 17.8. The molecule has 0 saturated heterocycles. The normalized spacial score (nSPS) is 12.1. The summed E-state index contributed by atoms with van der Waals surface area (Å²) in [6, 6.07) is 27.3. The minimum Gasteiger partial charge on any atom is -0.464 e. The first-order valence-electron chi connectivity index (χ1n) is 15.1. The van der Waals surface area contributed by atoms with E-state index in [9.17, 15) is 17.2 Å². The Morgan fingerprint density at radius 1 is 0.729 bits per heavy atom. The number of hydrogen-bond donors (Lipinski definition) is 0. The molecule has 11 heteroatoms. The standard InChI is InChI=1S/C37H27F4N2O3PS/c1-4-23-32(38)34(40)35(41)36(33(23)39)48(44,45)43-26-14-8-7-13-25(26)42-37(43)31-24-19-20-46-27(24)17-18-30(31)47(28-15-9-5-11-21(28)2)29-16-10-6-12-22(29)3/h5-20H,4H2,1-3H3. The Balaban J connectivity index is 1.64. The first kappa shape index (κ1) is 31.8. The van der Waals surface area contributed by atoms with Crippen molar-refractivity contribution in [1.29, 1.82) is 0 Å². The van der Waals surface area contributed by atoms with Crippen LogP contribution in [-0.2, 0) is 16.4 Å². The maximum atomic E-state index is 15.9. The van der Waals surface area contributed by atoms with Crippen molar-refractivity contribution in [3.05, 3.63) is 137 Å². The molecule has 0 aliphatic rings. The smallest absolute Gasteiger partial charge is 0.275 e. The first-order chi connectivity index (χ1) is 23.1. The minimum absolute atomic E-state index is 0.00311. The molecule has 0 saturated carbocycles. The van der Waals surface area contributed by atoms with Crippen molar-refractivity contribution < 1.29 is 30.4 Å². The monoisotopic (exact) mass is 686 g/mol. The summed E-state index contributed by atoms with van der Waals surface area (Å²) in [5.74, 6) is -7.83. The molecule has 7 rings (SSSR count). The van der Waals surface area contributed by atoms with Gasteiger partial charge in [-0.3, -0.25) is 0 Å². The van der Waals surface area contributed by atoms with E-state index in [0.29, 0.717) is 21.8 Å². The van der Waals surface area contributed by atoms with Gasteiger partial charge in [-0.15, -0.1) is 0 Å². The van der Waals surface area contributed by atoms with Crippen LogP contribution in [0.5, 0.6) is 0 Å². The van der Waals surface area contributed by atoms with E-state index in [0.717, 1.165) is 25.7 Å². The molecule has 0 N–H and O–H groups in total. The third kappa shape index (κ3) is 4.85. The van der Waals surface area contributed by atoms with Gasteiger partial charge in [0.1, 0.15) is 5.58 Å².